The van der Waals surface area contributed by atoms with Gasteiger partial charge in [-0.05, 0) is 60.7 Å². The molecule has 4 heterocycles. The summed E-state index contributed by atoms with van der Waals surface area (Å²) < 4.78 is 7.00. The molecule has 0 radical (unpaired) electrons. The molecule has 0 aliphatic carbocycles. The predicted molar refractivity (Wildman–Crippen MR) is 187 cm³/mol. The van der Waals surface area contributed by atoms with Crippen LogP contribution in [0.25, 0.3) is 82.7 Å². The number of nitrogens with zero attached hydrogens (tertiary/aromatic N) is 4. The molecule has 0 fully saturated rings. The average molecular weight is 575 g/mol. The quantitative estimate of drug-likeness (QED) is 0.206. The first-order valence-electron chi connectivity index (χ1n) is 15.3. The minimum atomic E-state index is 0.895. The van der Waals surface area contributed by atoms with Crippen molar-refractivity contribution in [3.8, 4) is 17.3 Å². The molecular formula is C41H26N4. The molecule has 10 aromatic rings. The van der Waals surface area contributed by atoms with E-state index in [2.05, 4.69) is 171 Å². The summed E-state index contributed by atoms with van der Waals surface area (Å²) in [5, 5.41) is 7.35. The van der Waals surface area contributed by atoms with Gasteiger partial charge in [-0.1, -0.05) is 97.1 Å². The second-order valence-electron chi connectivity index (χ2n) is 11.7. The highest BCUT2D eigenvalue weighted by Crippen LogP contribution is 2.39. The van der Waals surface area contributed by atoms with E-state index in [-0.39, 0.29) is 0 Å². The highest BCUT2D eigenvalue weighted by atomic mass is 15.1. The summed E-state index contributed by atoms with van der Waals surface area (Å²) in [5.41, 5.74) is 8.15. The van der Waals surface area contributed by atoms with Crippen molar-refractivity contribution < 1.29 is 0 Å². The number of pyridine rings is 1. The van der Waals surface area contributed by atoms with Crippen LogP contribution in [0.4, 0.5) is 0 Å². The predicted octanol–water partition coefficient (Wildman–Crippen LogP) is 10.4. The maximum absolute atomic E-state index is 5.37. The fourth-order valence-corrected chi connectivity index (χ4v) is 7.36. The molecule has 4 nitrogen and oxygen atoms in total. The number of benzene rings is 6. The van der Waals surface area contributed by atoms with E-state index in [9.17, 15) is 0 Å². The minimum absolute atomic E-state index is 0.895. The number of para-hydroxylation sites is 5. The lowest BCUT2D eigenvalue weighted by atomic mass is 10.1. The van der Waals surface area contributed by atoms with Crippen molar-refractivity contribution in [3.63, 3.8) is 0 Å². The molecule has 4 aromatic heterocycles. The first-order valence-corrected chi connectivity index (χ1v) is 15.3. The zero-order valence-corrected chi connectivity index (χ0v) is 24.3. The Morgan fingerprint density at radius 1 is 0.289 bits per heavy atom. The number of fused-ring (bicyclic) bond motifs is 9. The molecule has 0 atom stereocenters. The molecule has 10 rings (SSSR count). The van der Waals surface area contributed by atoms with Crippen LogP contribution in [-0.2, 0) is 0 Å². The second-order valence-corrected chi connectivity index (χ2v) is 11.7. The molecule has 210 valence electrons. The van der Waals surface area contributed by atoms with Gasteiger partial charge in [-0.15, -0.1) is 0 Å². The van der Waals surface area contributed by atoms with E-state index >= 15 is 0 Å². The Balaban J connectivity index is 1.29. The van der Waals surface area contributed by atoms with E-state index in [1.165, 1.54) is 43.4 Å². The molecule has 0 aliphatic rings. The first kappa shape index (κ1) is 24.3. The third-order valence-electron chi connectivity index (χ3n) is 9.24. The van der Waals surface area contributed by atoms with E-state index in [0.29, 0.717) is 0 Å². The van der Waals surface area contributed by atoms with Gasteiger partial charge < -0.3 is 4.57 Å². The van der Waals surface area contributed by atoms with Crippen molar-refractivity contribution in [3.05, 3.63) is 158 Å². The average Bonchev–Trinajstić information content (AvgIpc) is 3.73. The zero-order chi connectivity index (χ0) is 29.5. The molecule has 0 amide bonds. The maximum atomic E-state index is 5.37. The molecule has 0 bridgehead atoms. The molecule has 6 aromatic carbocycles. The van der Waals surface area contributed by atoms with E-state index in [4.69, 9.17) is 4.98 Å². The summed E-state index contributed by atoms with van der Waals surface area (Å²) in [6.45, 7) is 0. The van der Waals surface area contributed by atoms with Crippen LogP contribution in [0.3, 0.4) is 0 Å². The van der Waals surface area contributed by atoms with Gasteiger partial charge in [0.2, 0.25) is 0 Å². The van der Waals surface area contributed by atoms with Crippen LogP contribution in [0.15, 0.2) is 158 Å². The molecule has 0 spiro atoms. The van der Waals surface area contributed by atoms with Crippen LogP contribution in [0.1, 0.15) is 0 Å². The zero-order valence-electron chi connectivity index (χ0n) is 24.3. The lowest BCUT2D eigenvalue weighted by Crippen LogP contribution is -2.03. The Kier molecular flexibility index (Phi) is 4.96. The van der Waals surface area contributed by atoms with E-state index < -0.39 is 0 Å². The lowest BCUT2D eigenvalue weighted by Gasteiger charge is -2.12. The van der Waals surface area contributed by atoms with Gasteiger partial charge in [0.25, 0.3) is 0 Å². The second kappa shape index (κ2) is 9.18. The Labute approximate surface area is 258 Å². The monoisotopic (exact) mass is 574 g/mol. The van der Waals surface area contributed by atoms with Crippen LogP contribution >= 0.6 is 0 Å². The molecular weight excluding hydrogens is 548 g/mol. The van der Waals surface area contributed by atoms with Crippen molar-refractivity contribution in [2.45, 2.75) is 0 Å². The number of rotatable bonds is 3. The van der Waals surface area contributed by atoms with Crippen LogP contribution < -0.4 is 0 Å². The van der Waals surface area contributed by atoms with Gasteiger partial charge in [0.05, 0.1) is 33.1 Å². The van der Waals surface area contributed by atoms with Crippen molar-refractivity contribution in [2.75, 3.05) is 0 Å². The molecule has 0 aliphatic heterocycles. The summed E-state index contributed by atoms with van der Waals surface area (Å²) in [6.07, 6.45) is 0. The Hall–Kier alpha value is -6.13. The van der Waals surface area contributed by atoms with Gasteiger partial charge in [0, 0.05) is 38.0 Å². The topological polar surface area (TPSA) is 27.7 Å². The van der Waals surface area contributed by atoms with Crippen molar-refractivity contribution in [1.29, 1.82) is 0 Å². The largest absolute Gasteiger partial charge is 0.309 e. The number of hydrogen-bond acceptors (Lipinski definition) is 1. The third-order valence-corrected chi connectivity index (χ3v) is 9.24. The third kappa shape index (κ3) is 3.39. The summed E-state index contributed by atoms with van der Waals surface area (Å²) in [6, 6.07) is 56.3. The number of aromatic nitrogens is 4. The van der Waals surface area contributed by atoms with Crippen LogP contribution in [0.2, 0.25) is 0 Å². The molecule has 0 saturated heterocycles. The van der Waals surface area contributed by atoms with Gasteiger partial charge in [-0.3, -0.25) is 9.13 Å². The van der Waals surface area contributed by atoms with Gasteiger partial charge in [0.15, 0.2) is 0 Å². The number of hydrogen-bond donors (Lipinski definition) is 0. The Morgan fingerprint density at radius 3 is 1.18 bits per heavy atom. The molecule has 0 saturated carbocycles. The van der Waals surface area contributed by atoms with Crippen LogP contribution in [0, 0.1) is 0 Å². The molecule has 4 heteroatoms. The molecule has 0 unspecified atom stereocenters. The Bertz CT molecular complexity index is 2710. The van der Waals surface area contributed by atoms with Crippen LogP contribution in [-0.4, -0.2) is 18.7 Å². The SMILES string of the molecule is c1ccc(-n2c3ccccc3c3cc4c(cc32)c2ccccc2n4-c2cccc(-n3c4ccccc4c4ccccc43)n2)cc1. The fourth-order valence-electron chi connectivity index (χ4n) is 7.36. The van der Waals surface area contributed by atoms with Crippen molar-refractivity contribution in [1.82, 2.24) is 18.7 Å². The van der Waals surface area contributed by atoms with Gasteiger partial charge in [-0.2, -0.15) is 0 Å². The smallest absolute Gasteiger partial charge is 0.140 e. The fraction of sp³-hybridized carbons (Fsp3) is 0. The summed E-state index contributed by atoms with van der Waals surface area (Å²) in [5.74, 6) is 1.80. The minimum Gasteiger partial charge on any atom is -0.309 e. The van der Waals surface area contributed by atoms with E-state index in [1.54, 1.807) is 0 Å². The van der Waals surface area contributed by atoms with E-state index in [1.807, 2.05) is 0 Å². The molecule has 45 heavy (non-hydrogen) atoms. The lowest BCUT2D eigenvalue weighted by molar-refractivity contribution is 1.01. The van der Waals surface area contributed by atoms with Gasteiger partial charge in [0.1, 0.15) is 11.6 Å². The van der Waals surface area contributed by atoms with E-state index in [0.717, 1.165) is 39.4 Å². The molecule has 0 N–H and O–H groups in total. The van der Waals surface area contributed by atoms with Crippen molar-refractivity contribution >= 4 is 65.4 Å². The normalized spacial score (nSPS) is 12.0. The van der Waals surface area contributed by atoms with Crippen molar-refractivity contribution in [2.24, 2.45) is 0 Å². The highest BCUT2D eigenvalue weighted by Gasteiger charge is 2.19. The first-order chi connectivity index (χ1) is 22.3. The maximum Gasteiger partial charge on any atom is 0.140 e. The summed E-state index contributed by atoms with van der Waals surface area (Å²) >= 11 is 0. The summed E-state index contributed by atoms with van der Waals surface area (Å²) in [4.78, 5) is 5.37. The standard InChI is InChI=1S/C41H26N4/c1-2-13-27(14-3-1)43-34-19-8-6-17-30(34)32-26-39-33(25-38(32)43)31-18-7-11-22-37(31)45(39)41-24-12-23-40(42-41)44-35-20-9-4-15-28(35)29-16-5-10-21-36(29)44/h1-26H. The Morgan fingerprint density at radius 2 is 0.667 bits per heavy atom. The summed E-state index contributed by atoms with van der Waals surface area (Å²) in [7, 11) is 0. The van der Waals surface area contributed by atoms with Crippen LogP contribution in [0.5, 0.6) is 0 Å². The van der Waals surface area contributed by atoms with Gasteiger partial charge in [-0.25, -0.2) is 4.98 Å². The van der Waals surface area contributed by atoms with Gasteiger partial charge >= 0.3 is 0 Å². The highest BCUT2D eigenvalue weighted by molar-refractivity contribution is 6.19.